The summed E-state index contributed by atoms with van der Waals surface area (Å²) in [4.78, 5) is 26.6. The van der Waals surface area contributed by atoms with Crippen molar-refractivity contribution in [3.05, 3.63) is 35.6 Å². The summed E-state index contributed by atoms with van der Waals surface area (Å²) in [6.45, 7) is 2.83. The SMILES string of the molecule is Cl.O=C(NC1CCNC1)C1CCCN(C(=O)c2ccc(F)cc2)C1. The van der Waals surface area contributed by atoms with E-state index < -0.39 is 0 Å². The van der Waals surface area contributed by atoms with Crippen LogP contribution in [0.2, 0.25) is 0 Å². The predicted octanol–water partition coefficient (Wildman–Crippen LogP) is 1.58. The summed E-state index contributed by atoms with van der Waals surface area (Å²) in [5, 5.41) is 6.29. The van der Waals surface area contributed by atoms with Crippen LogP contribution in [0.5, 0.6) is 0 Å². The molecular weight excluding hydrogens is 333 g/mol. The molecule has 2 saturated heterocycles. The van der Waals surface area contributed by atoms with Gasteiger partial charge in [0.25, 0.3) is 5.91 Å². The molecule has 0 saturated carbocycles. The number of amides is 2. The van der Waals surface area contributed by atoms with Crippen LogP contribution in [0, 0.1) is 11.7 Å². The maximum Gasteiger partial charge on any atom is 0.253 e. The van der Waals surface area contributed by atoms with Crippen LogP contribution in [0.15, 0.2) is 24.3 Å². The second kappa shape index (κ2) is 8.44. The van der Waals surface area contributed by atoms with Gasteiger partial charge in [0.2, 0.25) is 5.91 Å². The van der Waals surface area contributed by atoms with Crippen molar-refractivity contribution < 1.29 is 14.0 Å². The van der Waals surface area contributed by atoms with E-state index in [2.05, 4.69) is 10.6 Å². The van der Waals surface area contributed by atoms with Crippen LogP contribution in [0.3, 0.4) is 0 Å². The molecular formula is C17H23ClFN3O2. The summed E-state index contributed by atoms with van der Waals surface area (Å²) >= 11 is 0. The molecule has 2 aliphatic rings. The summed E-state index contributed by atoms with van der Waals surface area (Å²) in [7, 11) is 0. The number of hydrogen-bond donors (Lipinski definition) is 2. The Hall–Kier alpha value is -1.66. The van der Waals surface area contributed by atoms with Crippen molar-refractivity contribution in [3.8, 4) is 0 Å². The number of nitrogens with one attached hydrogen (secondary N) is 2. The first-order valence-electron chi connectivity index (χ1n) is 8.19. The normalized spacial score (nSPS) is 23.5. The summed E-state index contributed by atoms with van der Waals surface area (Å²) in [6.07, 6.45) is 2.57. The molecule has 2 fully saturated rings. The van der Waals surface area contributed by atoms with Gasteiger partial charge >= 0.3 is 0 Å². The van der Waals surface area contributed by atoms with Crippen molar-refractivity contribution in [2.45, 2.75) is 25.3 Å². The van der Waals surface area contributed by atoms with Gasteiger partial charge in [-0.05, 0) is 50.1 Å². The standard InChI is InChI=1S/C17H22FN3O2.ClH/c18-14-5-3-12(4-6-14)17(23)21-9-1-2-13(11-21)16(22)20-15-7-8-19-10-15;/h3-6,13,15,19H,1-2,7-11H2,(H,20,22);1H. The van der Waals surface area contributed by atoms with Gasteiger partial charge in [-0.15, -0.1) is 12.4 Å². The Kier molecular flexibility index (Phi) is 6.57. The summed E-state index contributed by atoms with van der Waals surface area (Å²) in [5.74, 6) is -0.614. The van der Waals surface area contributed by atoms with Gasteiger partial charge in [-0.25, -0.2) is 4.39 Å². The molecule has 5 nitrogen and oxygen atoms in total. The zero-order valence-electron chi connectivity index (χ0n) is 13.5. The molecule has 2 heterocycles. The molecule has 0 radical (unpaired) electrons. The topological polar surface area (TPSA) is 61.4 Å². The monoisotopic (exact) mass is 355 g/mol. The first-order chi connectivity index (χ1) is 11.1. The Bertz CT molecular complexity index is 576. The third-order valence-electron chi connectivity index (χ3n) is 4.58. The Morgan fingerprint density at radius 1 is 1.21 bits per heavy atom. The van der Waals surface area contributed by atoms with E-state index in [9.17, 15) is 14.0 Å². The van der Waals surface area contributed by atoms with Gasteiger partial charge in [0.15, 0.2) is 0 Å². The molecule has 1 aromatic carbocycles. The maximum absolute atomic E-state index is 13.0. The molecule has 7 heteroatoms. The lowest BCUT2D eigenvalue weighted by Gasteiger charge is -2.32. The van der Waals surface area contributed by atoms with Gasteiger partial charge in [0, 0.05) is 31.2 Å². The number of halogens is 2. The Labute approximate surface area is 147 Å². The Morgan fingerprint density at radius 3 is 2.62 bits per heavy atom. The molecule has 2 amide bonds. The van der Waals surface area contributed by atoms with E-state index in [1.54, 1.807) is 4.90 Å². The zero-order chi connectivity index (χ0) is 16.2. The van der Waals surface area contributed by atoms with Crippen LogP contribution in [-0.2, 0) is 4.79 Å². The van der Waals surface area contributed by atoms with Crippen LogP contribution in [-0.4, -0.2) is 48.9 Å². The van der Waals surface area contributed by atoms with Crippen molar-refractivity contribution >= 4 is 24.2 Å². The molecule has 0 aromatic heterocycles. The van der Waals surface area contributed by atoms with Crippen LogP contribution in [0.25, 0.3) is 0 Å². The molecule has 2 atom stereocenters. The lowest BCUT2D eigenvalue weighted by atomic mass is 9.96. The van der Waals surface area contributed by atoms with Crippen LogP contribution in [0.4, 0.5) is 4.39 Å². The maximum atomic E-state index is 13.0. The molecule has 2 unspecified atom stereocenters. The molecule has 1 aromatic rings. The number of benzene rings is 1. The largest absolute Gasteiger partial charge is 0.352 e. The molecule has 0 spiro atoms. The van der Waals surface area contributed by atoms with Crippen molar-refractivity contribution in [3.63, 3.8) is 0 Å². The minimum Gasteiger partial charge on any atom is -0.352 e. The molecule has 2 N–H and O–H groups in total. The smallest absolute Gasteiger partial charge is 0.253 e. The molecule has 2 aliphatic heterocycles. The Morgan fingerprint density at radius 2 is 1.96 bits per heavy atom. The van der Waals surface area contributed by atoms with E-state index in [4.69, 9.17) is 0 Å². The average molecular weight is 356 g/mol. The van der Waals surface area contributed by atoms with Crippen LogP contribution in [0.1, 0.15) is 29.6 Å². The first-order valence-corrected chi connectivity index (χ1v) is 8.19. The molecule has 0 bridgehead atoms. The van der Waals surface area contributed by atoms with E-state index in [0.717, 1.165) is 32.4 Å². The van der Waals surface area contributed by atoms with Crippen LogP contribution >= 0.6 is 12.4 Å². The Balaban J connectivity index is 0.00000208. The number of likely N-dealkylation sites (tertiary alicyclic amines) is 1. The highest BCUT2D eigenvalue weighted by Crippen LogP contribution is 2.19. The summed E-state index contributed by atoms with van der Waals surface area (Å²) in [6, 6.07) is 5.76. The number of piperidine rings is 1. The second-order valence-electron chi connectivity index (χ2n) is 6.30. The highest BCUT2D eigenvalue weighted by atomic mass is 35.5. The van der Waals surface area contributed by atoms with Crippen LogP contribution < -0.4 is 10.6 Å². The quantitative estimate of drug-likeness (QED) is 0.865. The highest BCUT2D eigenvalue weighted by Gasteiger charge is 2.30. The van der Waals surface area contributed by atoms with Gasteiger partial charge < -0.3 is 15.5 Å². The van der Waals surface area contributed by atoms with Gasteiger partial charge in [0.05, 0.1) is 5.92 Å². The second-order valence-corrected chi connectivity index (χ2v) is 6.30. The number of hydrogen-bond acceptors (Lipinski definition) is 3. The van der Waals surface area contributed by atoms with E-state index in [-0.39, 0.29) is 42.0 Å². The third kappa shape index (κ3) is 4.45. The van der Waals surface area contributed by atoms with Crippen molar-refractivity contribution in [1.82, 2.24) is 15.5 Å². The van der Waals surface area contributed by atoms with Gasteiger partial charge in [-0.1, -0.05) is 0 Å². The summed E-state index contributed by atoms with van der Waals surface area (Å²) < 4.78 is 13.0. The van der Waals surface area contributed by atoms with Gasteiger partial charge in [0.1, 0.15) is 5.82 Å². The fraction of sp³-hybridized carbons (Fsp3) is 0.529. The fourth-order valence-corrected chi connectivity index (χ4v) is 3.25. The average Bonchev–Trinajstić information content (AvgIpc) is 3.08. The van der Waals surface area contributed by atoms with E-state index in [0.29, 0.717) is 18.7 Å². The minimum absolute atomic E-state index is 0. The van der Waals surface area contributed by atoms with Gasteiger partial charge in [-0.2, -0.15) is 0 Å². The predicted molar refractivity (Wildman–Crippen MR) is 91.7 cm³/mol. The lowest BCUT2D eigenvalue weighted by molar-refractivity contribution is -0.126. The summed E-state index contributed by atoms with van der Waals surface area (Å²) in [5.41, 5.74) is 0.465. The number of nitrogens with zero attached hydrogens (tertiary/aromatic N) is 1. The lowest BCUT2D eigenvalue weighted by Crippen LogP contribution is -2.48. The first kappa shape index (κ1) is 18.7. The van der Waals surface area contributed by atoms with Gasteiger partial charge in [-0.3, -0.25) is 9.59 Å². The van der Waals surface area contributed by atoms with Crippen molar-refractivity contribution in [2.24, 2.45) is 5.92 Å². The molecule has 132 valence electrons. The van der Waals surface area contributed by atoms with E-state index in [1.165, 1.54) is 24.3 Å². The number of carbonyl (C=O) groups excluding carboxylic acids is 2. The van der Waals surface area contributed by atoms with E-state index >= 15 is 0 Å². The van der Waals surface area contributed by atoms with E-state index in [1.807, 2.05) is 0 Å². The highest BCUT2D eigenvalue weighted by molar-refractivity contribution is 5.94. The third-order valence-corrected chi connectivity index (χ3v) is 4.58. The van der Waals surface area contributed by atoms with Crippen molar-refractivity contribution in [2.75, 3.05) is 26.2 Å². The van der Waals surface area contributed by atoms with Crippen molar-refractivity contribution in [1.29, 1.82) is 0 Å². The molecule has 24 heavy (non-hydrogen) atoms. The molecule has 3 rings (SSSR count). The zero-order valence-corrected chi connectivity index (χ0v) is 14.3. The fourth-order valence-electron chi connectivity index (χ4n) is 3.25. The number of carbonyl (C=O) groups is 2. The number of rotatable bonds is 3. The minimum atomic E-state index is -0.359. The molecule has 0 aliphatic carbocycles.